The van der Waals surface area contributed by atoms with Crippen molar-refractivity contribution in [3.05, 3.63) is 29.8 Å². The lowest BCUT2D eigenvalue weighted by Gasteiger charge is -2.13. The number of aromatic hydroxyl groups is 1. The van der Waals surface area contributed by atoms with E-state index in [0.29, 0.717) is 6.42 Å². The first-order valence-electron chi connectivity index (χ1n) is 5.48. The second-order valence-corrected chi connectivity index (χ2v) is 4.07. The number of aliphatic hydroxyl groups is 1. The minimum Gasteiger partial charge on any atom is -0.508 e. The van der Waals surface area contributed by atoms with E-state index in [0.717, 1.165) is 5.56 Å². The number of rotatable bonds is 5. The number of nitrogens with two attached hydrogens (primary N) is 1. The molecule has 1 rings (SSSR count). The monoisotopic (exact) mass is 238 g/mol. The van der Waals surface area contributed by atoms with Crippen LogP contribution in [0.25, 0.3) is 0 Å². The van der Waals surface area contributed by atoms with Crippen LogP contribution in [0.2, 0.25) is 0 Å². The van der Waals surface area contributed by atoms with E-state index in [1.807, 2.05) is 0 Å². The van der Waals surface area contributed by atoms with Gasteiger partial charge in [0, 0.05) is 6.54 Å². The second kappa shape index (κ2) is 6.22. The minimum atomic E-state index is -0.654. The lowest BCUT2D eigenvalue weighted by atomic mass is 10.1. The molecular weight excluding hydrogens is 220 g/mol. The van der Waals surface area contributed by atoms with Crippen LogP contribution < -0.4 is 11.1 Å². The molecule has 0 spiro atoms. The summed E-state index contributed by atoms with van der Waals surface area (Å²) in [6, 6.07) is 5.89. The maximum absolute atomic E-state index is 11.5. The van der Waals surface area contributed by atoms with E-state index in [2.05, 4.69) is 5.32 Å². The summed E-state index contributed by atoms with van der Waals surface area (Å²) in [4.78, 5) is 11.5. The van der Waals surface area contributed by atoms with E-state index in [-0.39, 0.29) is 18.2 Å². The summed E-state index contributed by atoms with van der Waals surface area (Å²) in [7, 11) is 0. The van der Waals surface area contributed by atoms with Gasteiger partial charge in [-0.25, -0.2) is 0 Å². The lowest BCUT2D eigenvalue weighted by molar-refractivity contribution is -0.122. The summed E-state index contributed by atoms with van der Waals surface area (Å²) in [5.74, 6) is -0.111. The molecule has 0 saturated heterocycles. The fourth-order valence-electron chi connectivity index (χ4n) is 1.36. The molecule has 0 aliphatic heterocycles. The van der Waals surface area contributed by atoms with Crippen LogP contribution in [0.3, 0.4) is 0 Å². The Bertz CT molecular complexity index is 363. The number of carbonyl (C=O) groups excluding carboxylic acids is 1. The average Bonchev–Trinajstić information content (AvgIpc) is 2.28. The molecular formula is C12H18N2O3. The van der Waals surface area contributed by atoms with Crippen LogP contribution in [0.4, 0.5) is 0 Å². The van der Waals surface area contributed by atoms with Crippen molar-refractivity contribution >= 4 is 5.91 Å². The molecule has 17 heavy (non-hydrogen) atoms. The molecule has 2 atom stereocenters. The van der Waals surface area contributed by atoms with Crippen LogP contribution in [0.15, 0.2) is 24.3 Å². The van der Waals surface area contributed by atoms with Crippen molar-refractivity contribution in [3.63, 3.8) is 0 Å². The Kier molecular flexibility index (Phi) is 4.93. The lowest BCUT2D eigenvalue weighted by Crippen LogP contribution is -2.44. The SMILES string of the molecule is C[C@@H](O)CNC(=O)[C@@H](N)Cc1ccc(O)cc1. The minimum absolute atomic E-state index is 0.181. The van der Waals surface area contributed by atoms with E-state index < -0.39 is 12.1 Å². The fourth-order valence-corrected chi connectivity index (χ4v) is 1.36. The predicted octanol–water partition coefficient (Wildman–Crippen LogP) is -0.241. The molecule has 5 N–H and O–H groups in total. The molecule has 94 valence electrons. The van der Waals surface area contributed by atoms with E-state index in [4.69, 9.17) is 15.9 Å². The molecule has 0 radical (unpaired) electrons. The average molecular weight is 238 g/mol. The van der Waals surface area contributed by atoms with Gasteiger partial charge in [-0.15, -0.1) is 0 Å². The molecule has 0 unspecified atom stereocenters. The standard InChI is InChI=1S/C12H18N2O3/c1-8(15)7-14-12(17)11(13)6-9-2-4-10(16)5-3-9/h2-5,8,11,15-16H,6-7,13H2,1H3,(H,14,17)/t8-,11+/m1/s1. The van der Waals surface area contributed by atoms with Crippen LogP contribution in [0.1, 0.15) is 12.5 Å². The van der Waals surface area contributed by atoms with Gasteiger partial charge < -0.3 is 21.3 Å². The maximum atomic E-state index is 11.5. The number of hydrogen-bond donors (Lipinski definition) is 4. The third kappa shape index (κ3) is 4.84. The van der Waals surface area contributed by atoms with Gasteiger partial charge in [0.15, 0.2) is 0 Å². The maximum Gasteiger partial charge on any atom is 0.237 e. The Morgan fingerprint density at radius 3 is 2.53 bits per heavy atom. The van der Waals surface area contributed by atoms with Gasteiger partial charge >= 0.3 is 0 Å². The van der Waals surface area contributed by atoms with Gasteiger partial charge in [0.25, 0.3) is 0 Å². The highest BCUT2D eigenvalue weighted by Crippen LogP contribution is 2.10. The number of benzene rings is 1. The first kappa shape index (κ1) is 13.5. The number of carbonyl (C=O) groups is 1. The molecule has 5 heteroatoms. The van der Waals surface area contributed by atoms with Crippen molar-refractivity contribution in [2.24, 2.45) is 5.73 Å². The third-order valence-electron chi connectivity index (χ3n) is 2.30. The van der Waals surface area contributed by atoms with Crippen molar-refractivity contribution in [2.75, 3.05) is 6.54 Å². The van der Waals surface area contributed by atoms with Crippen LogP contribution in [-0.2, 0) is 11.2 Å². The Hall–Kier alpha value is -1.59. The normalized spacial score (nSPS) is 14.1. The molecule has 1 amide bonds. The Morgan fingerprint density at radius 1 is 1.41 bits per heavy atom. The molecule has 0 saturated carbocycles. The zero-order chi connectivity index (χ0) is 12.8. The number of phenols is 1. The van der Waals surface area contributed by atoms with Crippen molar-refractivity contribution in [1.29, 1.82) is 0 Å². The number of phenolic OH excluding ortho intramolecular Hbond substituents is 1. The van der Waals surface area contributed by atoms with Crippen LogP contribution in [0.5, 0.6) is 5.75 Å². The second-order valence-electron chi connectivity index (χ2n) is 4.07. The Morgan fingerprint density at radius 2 is 2.00 bits per heavy atom. The highest BCUT2D eigenvalue weighted by Gasteiger charge is 2.14. The Labute approximate surface area is 100 Å². The van der Waals surface area contributed by atoms with Crippen LogP contribution in [0, 0.1) is 0 Å². The summed E-state index contributed by atoms with van der Waals surface area (Å²) >= 11 is 0. The number of hydrogen-bond acceptors (Lipinski definition) is 4. The zero-order valence-corrected chi connectivity index (χ0v) is 9.76. The summed E-state index contributed by atoms with van der Waals surface area (Å²) < 4.78 is 0. The fraction of sp³-hybridized carbons (Fsp3) is 0.417. The highest BCUT2D eigenvalue weighted by molar-refractivity contribution is 5.81. The van der Waals surface area contributed by atoms with Gasteiger partial charge in [-0.1, -0.05) is 12.1 Å². The van der Waals surface area contributed by atoms with Crippen LogP contribution in [-0.4, -0.2) is 34.8 Å². The molecule has 0 heterocycles. The van der Waals surface area contributed by atoms with Crippen molar-refractivity contribution < 1.29 is 15.0 Å². The van der Waals surface area contributed by atoms with Crippen molar-refractivity contribution in [1.82, 2.24) is 5.32 Å². The molecule has 0 bridgehead atoms. The van der Waals surface area contributed by atoms with Gasteiger partial charge in [-0.05, 0) is 31.0 Å². The highest BCUT2D eigenvalue weighted by atomic mass is 16.3. The zero-order valence-electron chi connectivity index (χ0n) is 9.76. The first-order valence-corrected chi connectivity index (χ1v) is 5.48. The smallest absolute Gasteiger partial charge is 0.237 e. The molecule has 1 aromatic rings. The largest absolute Gasteiger partial charge is 0.508 e. The molecule has 0 aromatic heterocycles. The molecule has 0 aliphatic carbocycles. The summed E-state index contributed by atoms with van der Waals surface area (Å²) in [5.41, 5.74) is 6.59. The molecule has 1 aromatic carbocycles. The number of aliphatic hydroxyl groups excluding tert-OH is 1. The van der Waals surface area contributed by atoms with Gasteiger partial charge in [0.2, 0.25) is 5.91 Å². The van der Waals surface area contributed by atoms with Gasteiger partial charge in [-0.3, -0.25) is 4.79 Å². The van der Waals surface area contributed by atoms with Gasteiger partial charge in [0.1, 0.15) is 5.75 Å². The topological polar surface area (TPSA) is 95.6 Å². The van der Waals surface area contributed by atoms with E-state index in [1.165, 1.54) is 0 Å². The summed E-state index contributed by atoms with van der Waals surface area (Å²) in [6.07, 6.45) is -0.189. The van der Waals surface area contributed by atoms with Gasteiger partial charge in [0.05, 0.1) is 12.1 Å². The van der Waals surface area contributed by atoms with E-state index >= 15 is 0 Å². The molecule has 5 nitrogen and oxygen atoms in total. The molecule has 0 aliphatic rings. The predicted molar refractivity (Wildman–Crippen MR) is 64.5 cm³/mol. The first-order chi connectivity index (χ1) is 7.99. The summed E-state index contributed by atoms with van der Waals surface area (Å²) in [5, 5.41) is 20.7. The van der Waals surface area contributed by atoms with E-state index in [9.17, 15) is 4.79 Å². The Balaban J connectivity index is 2.45. The van der Waals surface area contributed by atoms with Crippen molar-refractivity contribution in [2.45, 2.75) is 25.5 Å². The number of nitrogens with one attached hydrogen (secondary N) is 1. The third-order valence-corrected chi connectivity index (χ3v) is 2.30. The van der Waals surface area contributed by atoms with E-state index in [1.54, 1.807) is 31.2 Å². The van der Waals surface area contributed by atoms with Crippen LogP contribution >= 0.6 is 0 Å². The summed E-state index contributed by atoms with van der Waals surface area (Å²) in [6.45, 7) is 1.79. The van der Waals surface area contributed by atoms with Gasteiger partial charge in [-0.2, -0.15) is 0 Å². The number of amides is 1. The molecule has 0 fully saturated rings. The van der Waals surface area contributed by atoms with Crippen molar-refractivity contribution in [3.8, 4) is 5.75 Å². The quantitative estimate of drug-likeness (QED) is 0.569.